The first kappa shape index (κ1) is 17.5. The van der Waals surface area contributed by atoms with Crippen molar-refractivity contribution in [2.24, 2.45) is 0 Å². The Kier molecular flexibility index (Phi) is 5.81. The van der Waals surface area contributed by atoms with Crippen molar-refractivity contribution in [3.8, 4) is 6.07 Å². The van der Waals surface area contributed by atoms with Crippen LogP contribution in [0.25, 0.3) is 0 Å². The Morgan fingerprint density at radius 1 is 1.08 bits per heavy atom. The highest BCUT2D eigenvalue weighted by atomic mass is 16.3. The zero-order chi connectivity index (χ0) is 18.2. The van der Waals surface area contributed by atoms with Crippen LogP contribution in [0.1, 0.15) is 22.9 Å². The van der Waals surface area contributed by atoms with E-state index in [0.717, 1.165) is 22.6 Å². The Labute approximate surface area is 152 Å². The van der Waals surface area contributed by atoms with E-state index < -0.39 is 0 Å². The van der Waals surface area contributed by atoms with Crippen molar-refractivity contribution in [3.05, 3.63) is 89.9 Å². The lowest BCUT2D eigenvalue weighted by Crippen LogP contribution is -2.87. The van der Waals surface area contributed by atoms with E-state index in [2.05, 4.69) is 11.4 Å². The normalized spacial score (nSPS) is 11.5. The molecule has 0 spiro atoms. The van der Waals surface area contributed by atoms with Gasteiger partial charge in [-0.2, -0.15) is 5.26 Å². The van der Waals surface area contributed by atoms with E-state index in [1.807, 2.05) is 72.0 Å². The van der Waals surface area contributed by atoms with Gasteiger partial charge in [0.15, 0.2) is 18.3 Å². The lowest BCUT2D eigenvalue weighted by Gasteiger charge is -2.14. The number of carbonyl (C=O) groups excluding carboxylic acids is 1. The van der Waals surface area contributed by atoms with Crippen LogP contribution >= 0.6 is 0 Å². The molecule has 0 aliphatic rings. The third kappa shape index (κ3) is 4.59. The van der Waals surface area contributed by atoms with Gasteiger partial charge in [0.1, 0.15) is 0 Å². The summed E-state index contributed by atoms with van der Waals surface area (Å²) < 4.78 is 5.55. The van der Waals surface area contributed by atoms with E-state index in [1.165, 1.54) is 0 Å². The Balaban J connectivity index is 1.62. The quantitative estimate of drug-likeness (QED) is 0.690. The van der Waals surface area contributed by atoms with Crippen molar-refractivity contribution in [2.75, 3.05) is 11.9 Å². The molecule has 26 heavy (non-hydrogen) atoms. The van der Waals surface area contributed by atoms with Gasteiger partial charge in [0, 0.05) is 11.3 Å². The van der Waals surface area contributed by atoms with E-state index in [4.69, 9.17) is 9.68 Å². The molecule has 0 aliphatic heterocycles. The molecule has 0 saturated heterocycles. The maximum atomic E-state index is 12.3. The molecule has 0 bridgehead atoms. The molecule has 1 aromatic heterocycles. The van der Waals surface area contributed by atoms with E-state index in [-0.39, 0.29) is 18.5 Å². The van der Waals surface area contributed by atoms with Crippen LogP contribution in [0.2, 0.25) is 0 Å². The number of hydrogen-bond acceptors (Lipinski definition) is 3. The Morgan fingerprint density at radius 2 is 1.85 bits per heavy atom. The highest BCUT2D eigenvalue weighted by Gasteiger charge is 2.21. The summed E-state index contributed by atoms with van der Waals surface area (Å²) >= 11 is 0. The number of rotatable bonds is 7. The standard InChI is InChI=1S/C21H19N3O2/c22-13-12-16-8-10-18(11-9-16)24-20(25)15-23-21(19-7-4-14-26-19)17-5-2-1-3-6-17/h1-11,14,21,23H,12,15H2,(H,24,25)/p+1/t21-/m1/s1. The molecule has 0 aliphatic carbocycles. The van der Waals surface area contributed by atoms with E-state index in [1.54, 1.807) is 6.26 Å². The average Bonchev–Trinajstić information content (AvgIpc) is 3.19. The monoisotopic (exact) mass is 346 g/mol. The molecule has 3 rings (SSSR count). The number of anilines is 1. The van der Waals surface area contributed by atoms with Gasteiger partial charge in [-0.3, -0.25) is 4.79 Å². The summed E-state index contributed by atoms with van der Waals surface area (Å²) in [6.07, 6.45) is 2.01. The molecule has 0 radical (unpaired) electrons. The first-order valence-corrected chi connectivity index (χ1v) is 8.43. The highest BCUT2D eigenvalue weighted by Crippen LogP contribution is 2.18. The minimum Gasteiger partial charge on any atom is -0.463 e. The minimum atomic E-state index is -0.0921. The van der Waals surface area contributed by atoms with Gasteiger partial charge in [0.2, 0.25) is 0 Å². The fraction of sp³-hybridized carbons (Fsp3) is 0.143. The molecular weight excluding hydrogens is 326 g/mol. The predicted molar refractivity (Wildman–Crippen MR) is 98.2 cm³/mol. The van der Waals surface area contributed by atoms with Gasteiger partial charge in [-0.15, -0.1) is 0 Å². The van der Waals surface area contributed by atoms with Gasteiger partial charge in [-0.1, -0.05) is 42.5 Å². The molecule has 3 aromatic rings. The molecule has 3 N–H and O–H groups in total. The summed E-state index contributed by atoms with van der Waals surface area (Å²) in [5, 5.41) is 13.5. The van der Waals surface area contributed by atoms with Crippen LogP contribution in [0.15, 0.2) is 77.4 Å². The number of amides is 1. The maximum absolute atomic E-state index is 12.3. The number of nitrogens with zero attached hydrogens (tertiary/aromatic N) is 1. The third-order valence-corrected chi connectivity index (χ3v) is 4.07. The van der Waals surface area contributed by atoms with Crippen molar-refractivity contribution >= 4 is 11.6 Å². The van der Waals surface area contributed by atoms with Crippen LogP contribution < -0.4 is 10.6 Å². The first-order valence-electron chi connectivity index (χ1n) is 8.43. The molecule has 0 saturated carbocycles. The van der Waals surface area contributed by atoms with Crippen LogP contribution in [0.4, 0.5) is 5.69 Å². The number of hydrogen-bond donors (Lipinski definition) is 2. The molecule has 0 fully saturated rings. The first-order chi connectivity index (χ1) is 12.8. The van der Waals surface area contributed by atoms with Crippen LogP contribution in [0.3, 0.4) is 0 Å². The summed E-state index contributed by atoms with van der Waals surface area (Å²) in [7, 11) is 0. The van der Waals surface area contributed by atoms with Crippen molar-refractivity contribution in [3.63, 3.8) is 0 Å². The molecule has 130 valence electrons. The number of nitriles is 1. The van der Waals surface area contributed by atoms with E-state index in [9.17, 15) is 4.79 Å². The smallest absolute Gasteiger partial charge is 0.279 e. The lowest BCUT2D eigenvalue weighted by molar-refractivity contribution is -0.678. The Morgan fingerprint density at radius 3 is 2.50 bits per heavy atom. The molecular formula is C21H20N3O2+. The zero-order valence-corrected chi connectivity index (χ0v) is 14.3. The Hall–Kier alpha value is -3.36. The summed E-state index contributed by atoms with van der Waals surface area (Å²) in [5.41, 5.74) is 2.73. The number of furan rings is 1. The van der Waals surface area contributed by atoms with Gasteiger partial charge in [-0.05, 0) is 29.8 Å². The van der Waals surface area contributed by atoms with Crippen LogP contribution in [-0.4, -0.2) is 12.5 Å². The van der Waals surface area contributed by atoms with Gasteiger partial charge in [-0.25, -0.2) is 0 Å². The molecule has 1 atom stereocenters. The van der Waals surface area contributed by atoms with Crippen molar-refractivity contribution in [2.45, 2.75) is 12.5 Å². The average molecular weight is 346 g/mol. The highest BCUT2D eigenvalue weighted by molar-refractivity contribution is 5.91. The molecule has 5 heteroatoms. The fourth-order valence-corrected chi connectivity index (χ4v) is 2.78. The second-order valence-electron chi connectivity index (χ2n) is 5.92. The number of nitrogens with one attached hydrogen (secondary N) is 1. The summed E-state index contributed by atoms with van der Waals surface area (Å²) in [5.74, 6) is 0.718. The number of benzene rings is 2. The van der Waals surface area contributed by atoms with E-state index >= 15 is 0 Å². The van der Waals surface area contributed by atoms with Gasteiger partial charge in [0.25, 0.3) is 5.91 Å². The SMILES string of the molecule is N#CCc1ccc(NC(=O)C[NH2+][C@H](c2ccccc2)c2ccco2)cc1. The number of carbonyl (C=O) groups is 1. The molecule has 2 aromatic carbocycles. The largest absolute Gasteiger partial charge is 0.463 e. The molecule has 1 heterocycles. The third-order valence-electron chi connectivity index (χ3n) is 4.07. The molecule has 0 unspecified atom stereocenters. The predicted octanol–water partition coefficient (Wildman–Crippen LogP) is 2.64. The molecule has 1 amide bonds. The second kappa shape index (κ2) is 8.65. The van der Waals surface area contributed by atoms with Gasteiger partial charge < -0.3 is 15.1 Å². The fourth-order valence-electron chi connectivity index (χ4n) is 2.78. The van der Waals surface area contributed by atoms with Crippen LogP contribution in [-0.2, 0) is 11.2 Å². The van der Waals surface area contributed by atoms with Crippen LogP contribution in [0, 0.1) is 11.3 Å². The zero-order valence-electron chi connectivity index (χ0n) is 14.3. The number of nitrogens with two attached hydrogens (primary N) is 1. The topological polar surface area (TPSA) is 82.6 Å². The van der Waals surface area contributed by atoms with Crippen LogP contribution in [0.5, 0.6) is 0 Å². The lowest BCUT2D eigenvalue weighted by atomic mass is 10.0. The van der Waals surface area contributed by atoms with E-state index in [0.29, 0.717) is 6.42 Å². The van der Waals surface area contributed by atoms with Crippen molar-refractivity contribution < 1.29 is 14.5 Å². The van der Waals surface area contributed by atoms with Crippen molar-refractivity contribution in [1.29, 1.82) is 5.26 Å². The van der Waals surface area contributed by atoms with Crippen molar-refractivity contribution in [1.82, 2.24) is 0 Å². The minimum absolute atomic E-state index is 0.0741. The summed E-state index contributed by atoms with van der Waals surface area (Å²) in [6.45, 7) is 0.264. The second-order valence-corrected chi connectivity index (χ2v) is 5.92. The maximum Gasteiger partial charge on any atom is 0.279 e. The molecule has 5 nitrogen and oxygen atoms in total. The number of quaternary nitrogens is 1. The van der Waals surface area contributed by atoms with Gasteiger partial charge in [0.05, 0.1) is 18.8 Å². The Bertz CT molecular complexity index is 866. The van der Waals surface area contributed by atoms with Gasteiger partial charge >= 0.3 is 0 Å². The summed E-state index contributed by atoms with van der Waals surface area (Å²) in [4.78, 5) is 12.3. The summed E-state index contributed by atoms with van der Waals surface area (Å²) in [6, 6.07) is 23.1.